The maximum absolute atomic E-state index is 13.3. The Morgan fingerprint density at radius 3 is 2.55 bits per heavy atom. The fourth-order valence-corrected chi connectivity index (χ4v) is 5.89. The molecule has 0 unspecified atom stereocenters. The number of hydrogen-bond acceptors (Lipinski definition) is 5. The van der Waals surface area contributed by atoms with Gasteiger partial charge in [-0.05, 0) is 49.9 Å². The summed E-state index contributed by atoms with van der Waals surface area (Å²) in [6, 6.07) is 10.1. The van der Waals surface area contributed by atoms with Crippen molar-refractivity contribution in [3.63, 3.8) is 0 Å². The minimum Gasteiger partial charge on any atom is -0.457 e. The van der Waals surface area contributed by atoms with Crippen LogP contribution in [0, 0.1) is 5.92 Å². The lowest BCUT2D eigenvalue weighted by molar-refractivity contribution is -0.127. The van der Waals surface area contributed by atoms with Crippen LogP contribution in [0.25, 0.3) is 0 Å². The first kappa shape index (κ1) is 21.8. The normalized spacial score (nSPS) is 20.8. The quantitative estimate of drug-likeness (QED) is 0.735. The average Bonchev–Trinajstić information content (AvgIpc) is 2.81. The third-order valence-corrected chi connectivity index (χ3v) is 7.90. The highest BCUT2D eigenvalue weighted by Gasteiger charge is 2.34. The highest BCUT2D eigenvalue weighted by Crippen LogP contribution is 2.28. The average molecular weight is 444 g/mol. The van der Waals surface area contributed by atoms with E-state index in [0.717, 1.165) is 32.1 Å². The van der Waals surface area contributed by atoms with Crippen LogP contribution in [0.15, 0.2) is 53.7 Å². The molecule has 2 aliphatic rings. The molecule has 1 aliphatic heterocycles. The molecule has 1 N–H and O–H groups in total. The van der Waals surface area contributed by atoms with Crippen LogP contribution in [0.4, 0.5) is 0 Å². The third-order valence-electron chi connectivity index (χ3n) is 6.04. The number of nitrogens with zero attached hydrogens (tertiary/aromatic N) is 2. The van der Waals surface area contributed by atoms with Crippen molar-refractivity contribution in [3.8, 4) is 11.5 Å². The first-order valence-corrected chi connectivity index (χ1v) is 12.4. The number of nitrogens with one attached hydrogen (secondary N) is 1. The molecule has 1 aromatic heterocycles. The fourth-order valence-electron chi connectivity index (χ4n) is 4.33. The summed E-state index contributed by atoms with van der Waals surface area (Å²) in [5.74, 6) is 0.709. The zero-order valence-corrected chi connectivity index (χ0v) is 18.4. The second-order valence-electron chi connectivity index (χ2n) is 8.31. The molecule has 1 atom stereocenters. The van der Waals surface area contributed by atoms with E-state index in [-0.39, 0.29) is 29.3 Å². The zero-order valence-electron chi connectivity index (χ0n) is 17.6. The molecule has 0 radical (unpaired) electrons. The third kappa shape index (κ3) is 5.43. The number of carbonyl (C=O) groups is 1. The van der Waals surface area contributed by atoms with Crippen LogP contribution in [-0.2, 0) is 14.8 Å². The molecule has 1 amide bonds. The number of carbonyl (C=O) groups excluding carboxylic acids is 1. The number of sulfonamides is 1. The van der Waals surface area contributed by atoms with Crippen molar-refractivity contribution in [2.45, 2.75) is 55.9 Å². The fraction of sp³-hybridized carbons (Fsp3) is 0.478. The molecule has 0 spiro atoms. The molecule has 1 saturated carbocycles. The van der Waals surface area contributed by atoms with E-state index < -0.39 is 10.0 Å². The number of rotatable bonds is 6. The van der Waals surface area contributed by atoms with Crippen molar-refractivity contribution in [1.29, 1.82) is 0 Å². The van der Waals surface area contributed by atoms with E-state index in [1.165, 1.54) is 16.8 Å². The Labute approximate surface area is 183 Å². The summed E-state index contributed by atoms with van der Waals surface area (Å²) in [5, 5.41) is 3.15. The van der Waals surface area contributed by atoms with Crippen molar-refractivity contribution in [2.75, 3.05) is 13.1 Å². The van der Waals surface area contributed by atoms with Crippen LogP contribution in [0.1, 0.15) is 44.9 Å². The molecule has 1 aromatic carbocycles. The second-order valence-corrected chi connectivity index (χ2v) is 10.2. The number of pyridine rings is 1. The van der Waals surface area contributed by atoms with Crippen LogP contribution in [0.5, 0.6) is 11.5 Å². The zero-order chi connectivity index (χ0) is 21.7. The molecule has 0 bridgehead atoms. The van der Waals surface area contributed by atoms with Gasteiger partial charge in [0.1, 0.15) is 11.5 Å². The van der Waals surface area contributed by atoms with E-state index in [0.29, 0.717) is 24.5 Å². The van der Waals surface area contributed by atoms with Gasteiger partial charge in [-0.15, -0.1) is 0 Å². The number of ether oxygens (including phenoxy) is 1. The Kier molecular flexibility index (Phi) is 6.87. The van der Waals surface area contributed by atoms with Crippen molar-refractivity contribution < 1.29 is 17.9 Å². The summed E-state index contributed by atoms with van der Waals surface area (Å²) >= 11 is 0. The van der Waals surface area contributed by atoms with Crippen LogP contribution >= 0.6 is 0 Å². The molecule has 1 aliphatic carbocycles. The molecule has 4 rings (SSSR count). The van der Waals surface area contributed by atoms with Crippen molar-refractivity contribution >= 4 is 15.9 Å². The van der Waals surface area contributed by atoms with Gasteiger partial charge < -0.3 is 10.1 Å². The monoisotopic (exact) mass is 443 g/mol. The predicted molar refractivity (Wildman–Crippen MR) is 117 cm³/mol. The highest BCUT2D eigenvalue weighted by molar-refractivity contribution is 7.89. The summed E-state index contributed by atoms with van der Waals surface area (Å²) in [7, 11) is -3.72. The minimum atomic E-state index is -3.72. The van der Waals surface area contributed by atoms with Crippen LogP contribution in [0.2, 0.25) is 0 Å². The van der Waals surface area contributed by atoms with E-state index in [4.69, 9.17) is 4.74 Å². The highest BCUT2D eigenvalue weighted by atomic mass is 32.2. The molecule has 2 fully saturated rings. The Morgan fingerprint density at radius 1 is 1.00 bits per heavy atom. The van der Waals surface area contributed by atoms with Gasteiger partial charge in [0, 0.05) is 37.6 Å². The number of benzene rings is 1. The number of aromatic nitrogens is 1. The van der Waals surface area contributed by atoms with E-state index >= 15 is 0 Å². The van der Waals surface area contributed by atoms with E-state index in [2.05, 4.69) is 10.3 Å². The summed E-state index contributed by atoms with van der Waals surface area (Å²) in [5.41, 5.74) is 0. The Morgan fingerprint density at radius 2 is 1.77 bits per heavy atom. The summed E-state index contributed by atoms with van der Waals surface area (Å²) in [6.45, 7) is 0.640. The first-order chi connectivity index (χ1) is 15.0. The molecule has 2 aromatic rings. The lowest BCUT2D eigenvalue weighted by atomic mass is 9.93. The predicted octanol–water partition coefficient (Wildman–Crippen LogP) is 3.72. The van der Waals surface area contributed by atoms with Gasteiger partial charge in [0.2, 0.25) is 15.9 Å². The lowest BCUT2D eigenvalue weighted by Gasteiger charge is -2.32. The Hall–Kier alpha value is -2.45. The second kappa shape index (κ2) is 9.78. The van der Waals surface area contributed by atoms with Gasteiger partial charge in [0.25, 0.3) is 0 Å². The van der Waals surface area contributed by atoms with Crippen molar-refractivity contribution in [2.24, 2.45) is 5.92 Å². The molecule has 7 nitrogen and oxygen atoms in total. The van der Waals surface area contributed by atoms with Gasteiger partial charge in [0.05, 0.1) is 10.8 Å². The van der Waals surface area contributed by atoms with Gasteiger partial charge >= 0.3 is 0 Å². The minimum absolute atomic E-state index is 0.0124. The molecular weight excluding hydrogens is 414 g/mol. The molecule has 1 saturated heterocycles. The van der Waals surface area contributed by atoms with Crippen LogP contribution in [0.3, 0.4) is 0 Å². The summed E-state index contributed by atoms with van der Waals surface area (Å²) < 4.78 is 33.8. The Balaban J connectivity index is 1.44. The topological polar surface area (TPSA) is 88.6 Å². The Bertz CT molecular complexity index is 991. The molecule has 31 heavy (non-hydrogen) atoms. The standard InChI is InChI=1S/C23H29N3O4S/c27-23(25-19-7-2-1-3-8-19)18-6-5-15-26(17-18)31(28,29)22-10-4-9-21(16-22)30-20-11-13-24-14-12-20/h4,9-14,16,18-19H,1-3,5-8,15,17H2,(H,25,27)/t18-/m0/s1. The SMILES string of the molecule is O=C(NC1CCCCC1)[C@H]1CCCN(S(=O)(=O)c2cccc(Oc3ccncc3)c2)C1. The van der Waals surface area contributed by atoms with Gasteiger partial charge in [-0.25, -0.2) is 8.42 Å². The molecular formula is C23H29N3O4S. The maximum atomic E-state index is 13.3. The lowest BCUT2D eigenvalue weighted by Crippen LogP contribution is -2.47. The summed E-state index contributed by atoms with van der Waals surface area (Å²) in [4.78, 5) is 16.9. The van der Waals surface area contributed by atoms with Gasteiger partial charge in [-0.1, -0.05) is 25.3 Å². The van der Waals surface area contributed by atoms with Crippen molar-refractivity contribution in [1.82, 2.24) is 14.6 Å². The molecule has 8 heteroatoms. The van der Waals surface area contributed by atoms with Gasteiger partial charge in [0.15, 0.2) is 0 Å². The van der Waals surface area contributed by atoms with E-state index in [9.17, 15) is 13.2 Å². The summed E-state index contributed by atoms with van der Waals surface area (Å²) in [6.07, 6.45) is 10.2. The van der Waals surface area contributed by atoms with Gasteiger partial charge in [-0.3, -0.25) is 9.78 Å². The number of piperidine rings is 1. The first-order valence-electron chi connectivity index (χ1n) is 11.0. The molecule has 2 heterocycles. The van der Waals surface area contributed by atoms with E-state index in [1.54, 1.807) is 42.7 Å². The van der Waals surface area contributed by atoms with Crippen LogP contribution < -0.4 is 10.1 Å². The van der Waals surface area contributed by atoms with Gasteiger partial charge in [-0.2, -0.15) is 4.31 Å². The van der Waals surface area contributed by atoms with E-state index in [1.807, 2.05) is 0 Å². The maximum Gasteiger partial charge on any atom is 0.243 e. The molecule has 166 valence electrons. The smallest absolute Gasteiger partial charge is 0.243 e. The largest absolute Gasteiger partial charge is 0.457 e. The van der Waals surface area contributed by atoms with Crippen LogP contribution in [-0.4, -0.2) is 42.7 Å². The number of hydrogen-bond donors (Lipinski definition) is 1. The van der Waals surface area contributed by atoms with Crippen molar-refractivity contribution in [3.05, 3.63) is 48.8 Å². The number of amides is 1.